The molecule has 1 amide bonds. The fourth-order valence-electron chi connectivity index (χ4n) is 5.66. The van der Waals surface area contributed by atoms with Crippen LogP contribution in [-0.4, -0.2) is 38.9 Å². The average Bonchev–Trinajstić information content (AvgIpc) is 3.27. The summed E-state index contributed by atoms with van der Waals surface area (Å²) in [6, 6.07) is 10.1. The van der Waals surface area contributed by atoms with Gasteiger partial charge in [-0.05, 0) is 61.1 Å². The summed E-state index contributed by atoms with van der Waals surface area (Å²) < 4.78 is 43.8. The van der Waals surface area contributed by atoms with Crippen LogP contribution in [0.5, 0.6) is 0 Å². The second-order valence-corrected chi connectivity index (χ2v) is 10.9. The smallest absolute Gasteiger partial charge is 0.264 e. The minimum Gasteiger partial charge on any atom is -0.342 e. The van der Waals surface area contributed by atoms with E-state index in [9.17, 15) is 17.6 Å². The van der Waals surface area contributed by atoms with Gasteiger partial charge in [-0.3, -0.25) is 9.10 Å². The largest absolute Gasteiger partial charge is 0.342 e. The van der Waals surface area contributed by atoms with Gasteiger partial charge >= 0.3 is 0 Å². The summed E-state index contributed by atoms with van der Waals surface area (Å²) in [5, 5.41) is 0. The van der Waals surface area contributed by atoms with Crippen molar-refractivity contribution in [1.82, 2.24) is 4.90 Å². The standard InChI is InChI=1S/C24H27FN2O3S/c1-17(28)26-13-9-18-7-8-20(15-19(18)10-14-26)31(29,30)27-16-24(11-2-3-12-24)23-21(25)5-4-6-22(23)27/h4-8,15H,2-3,9-14,16H2,1H3. The second kappa shape index (κ2) is 7.33. The molecular weight excluding hydrogens is 415 g/mol. The van der Waals surface area contributed by atoms with Crippen molar-refractivity contribution >= 4 is 21.6 Å². The number of benzene rings is 2. The van der Waals surface area contributed by atoms with Gasteiger partial charge in [0.25, 0.3) is 10.0 Å². The normalized spacial score (nSPS) is 19.9. The first-order chi connectivity index (χ1) is 14.8. The molecule has 2 aromatic carbocycles. The van der Waals surface area contributed by atoms with E-state index in [0.717, 1.165) is 43.2 Å². The zero-order chi connectivity index (χ0) is 21.8. The van der Waals surface area contributed by atoms with Gasteiger partial charge in [0.15, 0.2) is 0 Å². The molecule has 3 aliphatic rings. The number of sulfonamides is 1. The van der Waals surface area contributed by atoms with Gasteiger partial charge in [-0.25, -0.2) is 12.8 Å². The highest BCUT2D eigenvalue weighted by atomic mass is 32.2. The third-order valence-corrected chi connectivity index (χ3v) is 9.07. The van der Waals surface area contributed by atoms with Crippen molar-refractivity contribution in [1.29, 1.82) is 0 Å². The minimum absolute atomic E-state index is 0.0400. The van der Waals surface area contributed by atoms with E-state index in [4.69, 9.17) is 0 Å². The molecule has 0 unspecified atom stereocenters. The maximum Gasteiger partial charge on any atom is 0.264 e. The first-order valence-corrected chi connectivity index (χ1v) is 12.4. The molecule has 0 saturated heterocycles. The Morgan fingerprint density at radius 2 is 1.74 bits per heavy atom. The highest BCUT2D eigenvalue weighted by molar-refractivity contribution is 7.92. The SMILES string of the molecule is CC(=O)N1CCc2ccc(S(=O)(=O)N3CC4(CCCC4)c4c(F)cccc43)cc2CC1. The molecule has 2 aromatic rings. The van der Waals surface area contributed by atoms with Crippen LogP contribution in [0.15, 0.2) is 41.3 Å². The Bertz CT molecular complexity index is 1160. The van der Waals surface area contributed by atoms with Gasteiger partial charge in [-0.15, -0.1) is 0 Å². The lowest BCUT2D eigenvalue weighted by atomic mass is 9.80. The van der Waals surface area contributed by atoms with Crippen LogP contribution in [-0.2, 0) is 33.1 Å². The number of nitrogens with zero attached hydrogens (tertiary/aromatic N) is 2. The molecule has 2 heterocycles. The molecule has 2 aliphatic heterocycles. The molecule has 1 fully saturated rings. The van der Waals surface area contributed by atoms with Crippen LogP contribution in [0.1, 0.15) is 49.3 Å². The maximum absolute atomic E-state index is 14.9. The number of fused-ring (bicyclic) bond motifs is 3. The lowest BCUT2D eigenvalue weighted by molar-refractivity contribution is -0.128. The number of halogens is 1. The molecule has 1 saturated carbocycles. The quantitative estimate of drug-likeness (QED) is 0.711. The van der Waals surface area contributed by atoms with Crippen molar-refractivity contribution < 1.29 is 17.6 Å². The average molecular weight is 443 g/mol. The van der Waals surface area contributed by atoms with Crippen LogP contribution in [0, 0.1) is 5.82 Å². The molecule has 0 aromatic heterocycles. The first-order valence-electron chi connectivity index (χ1n) is 11.0. The lowest BCUT2D eigenvalue weighted by Crippen LogP contribution is -2.35. The fraction of sp³-hybridized carbons (Fsp3) is 0.458. The summed E-state index contributed by atoms with van der Waals surface area (Å²) >= 11 is 0. The van der Waals surface area contributed by atoms with E-state index in [1.54, 1.807) is 36.1 Å². The van der Waals surface area contributed by atoms with E-state index in [2.05, 4.69) is 0 Å². The first kappa shape index (κ1) is 20.5. The number of hydrogen-bond donors (Lipinski definition) is 0. The van der Waals surface area contributed by atoms with Crippen molar-refractivity contribution in [2.75, 3.05) is 23.9 Å². The van der Waals surface area contributed by atoms with Gasteiger partial charge in [0, 0.05) is 37.5 Å². The molecule has 31 heavy (non-hydrogen) atoms. The van der Waals surface area contributed by atoms with E-state index in [1.165, 1.54) is 10.4 Å². The van der Waals surface area contributed by atoms with Crippen LogP contribution < -0.4 is 4.31 Å². The van der Waals surface area contributed by atoms with Crippen molar-refractivity contribution in [3.8, 4) is 0 Å². The van der Waals surface area contributed by atoms with Crippen molar-refractivity contribution in [3.63, 3.8) is 0 Å². The zero-order valence-corrected chi connectivity index (χ0v) is 18.5. The van der Waals surface area contributed by atoms with Crippen LogP contribution in [0.25, 0.3) is 0 Å². The Hall–Kier alpha value is -2.41. The van der Waals surface area contributed by atoms with Crippen LogP contribution in [0.4, 0.5) is 10.1 Å². The van der Waals surface area contributed by atoms with E-state index in [1.807, 2.05) is 6.07 Å². The zero-order valence-electron chi connectivity index (χ0n) is 17.7. The number of hydrogen-bond acceptors (Lipinski definition) is 3. The summed E-state index contributed by atoms with van der Waals surface area (Å²) in [6.07, 6.45) is 4.97. The summed E-state index contributed by atoms with van der Waals surface area (Å²) in [5.74, 6) is -0.262. The van der Waals surface area contributed by atoms with Crippen LogP contribution >= 0.6 is 0 Å². The van der Waals surface area contributed by atoms with Crippen molar-refractivity contribution in [2.24, 2.45) is 0 Å². The predicted octanol–water partition coefficient (Wildman–Crippen LogP) is 3.79. The molecule has 5 rings (SSSR count). The van der Waals surface area contributed by atoms with Crippen molar-refractivity contribution in [3.05, 3.63) is 58.9 Å². The maximum atomic E-state index is 14.9. The van der Waals surface area contributed by atoms with Crippen LogP contribution in [0.3, 0.4) is 0 Å². The summed E-state index contributed by atoms with van der Waals surface area (Å²) in [7, 11) is -3.82. The molecule has 1 spiro atoms. The molecular formula is C24H27FN2O3S. The van der Waals surface area contributed by atoms with E-state index >= 15 is 0 Å². The monoisotopic (exact) mass is 442 g/mol. The van der Waals surface area contributed by atoms with Gasteiger partial charge in [0.05, 0.1) is 10.6 Å². The molecule has 0 radical (unpaired) electrons. The summed E-state index contributed by atoms with van der Waals surface area (Å²) in [6.45, 7) is 3.11. The topological polar surface area (TPSA) is 57.7 Å². The Morgan fingerprint density at radius 1 is 1.03 bits per heavy atom. The number of carbonyl (C=O) groups excluding carboxylic acids is 1. The fourth-order valence-corrected chi connectivity index (χ4v) is 7.28. The predicted molar refractivity (Wildman–Crippen MR) is 117 cm³/mol. The van der Waals surface area contributed by atoms with Gasteiger partial charge < -0.3 is 4.90 Å². The molecule has 164 valence electrons. The van der Waals surface area contributed by atoms with E-state index in [-0.39, 0.29) is 16.6 Å². The minimum atomic E-state index is -3.82. The second-order valence-electron chi connectivity index (χ2n) is 9.07. The highest BCUT2D eigenvalue weighted by Gasteiger charge is 2.49. The third kappa shape index (κ3) is 3.25. The Morgan fingerprint density at radius 3 is 2.45 bits per heavy atom. The Kier molecular flexibility index (Phi) is 4.84. The van der Waals surface area contributed by atoms with Gasteiger partial charge in [-0.1, -0.05) is 25.0 Å². The Balaban J connectivity index is 1.53. The Labute approximate surface area is 182 Å². The lowest BCUT2D eigenvalue weighted by Gasteiger charge is -2.25. The van der Waals surface area contributed by atoms with Gasteiger partial charge in [0.2, 0.25) is 5.91 Å². The van der Waals surface area contributed by atoms with E-state index in [0.29, 0.717) is 37.3 Å². The van der Waals surface area contributed by atoms with Crippen molar-refractivity contribution in [2.45, 2.75) is 55.8 Å². The molecule has 0 bridgehead atoms. The summed E-state index contributed by atoms with van der Waals surface area (Å²) in [4.78, 5) is 13.8. The number of carbonyl (C=O) groups is 1. The number of anilines is 1. The van der Waals surface area contributed by atoms with Gasteiger partial charge in [0.1, 0.15) is 5.82 Å². The van der Waals surface area contributed by atoms with E-state index < -0.39 is 15.4 Å². The molecule has 0 N–H and O–H groups in total. The molecule has 0 atom stereocenters. The van der Waals surface area contributed by atoms with Crippen LogP contribution in [0.2, 0.25) is 0 Å². The molecule has 7 heteroatoms. The van der Waals surface area contributed by atoms with Gasteiger partial charge in [-0.2, -0.15) is 0 Å². The summed E-state index contributed by atoms with van der Waals surface area (Å²) in [5.41, 5.74) is 2.70. The number of rotatable bonds is 2. The molecule has 1 aliphatic carbocycles. The third-order valence-electron chi connectivity index (χ3n) is 7.31. The molecule has 5 nitrogen and oxygen atoms in total. The highest BCUT2D eigenvalue weighted by Crippen LogP contribution is 2.52. The number of amides is 1.